The molecule has 0 spiro atoms. The third kappa shape index (κ3) is 3.18. The van der Waals surface area contributed by atoms with Gasteiger partial charge in [-0.05, 0) is 37.8 Å². The van der Waals surface area contributed by atoms with E-state index in [0.29, 0.717) is 6.54 Å². The molecule has 3 nitrogen and oxygen atoms in total. The van der Waals surface area contributed by atoms with Crippen LogP contribution in [-0.2, 0) is 6.42 Å². The quantitative estimate of drug-likeness (QED) is 0.921. The number of thiophene rings is 1. The predicted octanol–water partition coefficient (Wildman–Crippen LogP) is 3.00. The number of likely N-dealkylation sites (N-methyl/N-ethyl adjacent to an activating group) is 1. The molecule has 1 N–H and O–H groups in total. The Hall–Kier alpha value is -0.870. The average molecular weight is 281 g/mol. The van der Waals surface area contributed by atoms with E-state index in [1.165, 1.54) is 10.4 Å². The van der Waals surface area contributed by atoms with Gasteiger partial charge in [0, 0.05) is 18.5 Å². The monoisotopic (exact) mass is 281 g/mol. The summed E-state index contributed by atoms with van der Waals surface area (Å²) in [6.45, 7) is 4.61. The van der Waals surface area contributed by atoms with E-state index in [9.17, 15) is 9.90 Å². The summed E-state index contributed by atoms with van der Waals surface area (Å²) in [5.41, 5.74) is 0.589. The van der Waals surface area contributed by atoms with Gasteiger partial charge < -0.3 is 10.0 Å². The topological polar surface area (TPSA) is 40.5 Å². The van der Waals surface area contributed by atoms with Crippen LogP contribution in [0.5, 0.6) is 0 Å². The van der Waals surface area contributed by atoms with Crippen molar-refractivity contribution < 1.29 is 9.90 Å². The summed E-state index contributed by atoms with van der Waals surface area (Å²) in [4.78, 5) is 16.1. The molecule has 1 aromatic rings. The van der Waals surface area contributed by atoms with E-state index in [1.54, 1.807) is 23.3 Å². The van der Waals surface area contributed by atoms with Crippen LogP contribution in [0.4, 0.5) is 0 Å². The number of nitrogens with zero attached hydrogens (tertiary/aromatic N) is 1. The maximum atomic E-state index is 12.4. The molecule has 1 heterocycles. The third-order valence-electron chi connectivity index (χ3n) is 4.02. The zero-order valence-corrected chi connectivity index (χ0v) is 12.8. The SMILES string of the molecule is CCc1cc(C(=O)N(C)CC2(O)CCCC2)sc1C. The van der Waals surface area contributed by atoms with Crippen LogP contribution in [0.25, 0.3) is 0 Å². The Morgan fingerprint density at radius 1 is 1.47 bits per heavy atom. The number of aliphatic hydroxyl groups is 1. The number of rotatable bonds is 4. The van der Waals surface area contributed by atoms with Gasteiger partial charge in [0.2, 0.25) is 0 Å². The second kappa shape index (κ2) is 5.63. The molecule has 1 aliphatic rings. The molecule has 0 aromatic carbocycles. The van der Waals surface area contributed by atoms with E-state index < -0.39 is 5.60 Å². The highest BCUT2D eigenvalue weighted by Gasteiger charge is 2.33. The van der Waals surface area contributed by atoms with Crippen LogP contribution in [0.15, 0.2) is 6.07 Å². The second-order valence-electron chi connectivity index (χ2n) is 5.64. The van der Waals surface area contributed by atoms with Crippen molar-refractivity contribution in [2.75, 3.05) is 13.6 Å². The van der Waals surface area contributed by atoms with Gasteiger partial charge in [-0.3, -0.25) is 4.79 Å². The molecule has 0 unspecified atom stereocenters. The van der Waals surface area contributed by atoms with E-state index in [-0.39, 0.29) is 5.91 Å². The first-order chi connectivity index (χ1) is 8.95. The molecule has 1 amide bonds. The highest BCUT2D eigenvalue weighted by molar-refractivity contribution is 7.14. The first-order valence-corrected chi connectivity index (χ1v) is 7.84. The minimum atomic E-state index is -0.662. The largest absolute Gasteiger partial charge is 0.388 e. The van der Waals surface area contributed by atoms with Gasteiger partial charge in [-0.25, -0.2) is 0 Å². The molecule has 0 bridgehead atoms. The summed E-state index contributed by atoms with van der Waals surface area (Å²) in [6.07, 6.45) is 4.72. The van der Waals surface area contributed by atoms with Crippen molar-refractivity contribution >= 4 is 17.2 Å². The summed E-state index contributed by atoms with van der Waals surface area (Å²) < 4.78 is 0. The Bertz CT molecular complexity index is 461. The van der Waals surface area contributed by atoms with E-state index >= 15 is 0 Å². The molecule has 0 atom stereocenters. The molecule has 0 saturated heterocycles. The van der Waals surface area contributed by atoms with Crippen molar-refractivity contribution in [1.82, 2.24) is 4.90 Å². The van der Waals surface area contributed by atoms with Crippen LogP contribution in [0, 0.1) is 6.92 Å². The molecule has 2 rings (SSSR count). The highest BCUT2D eigenvalue weighted by atomic mass is 32.1. The maximum Gasteiger partial charge on any atom is 0.263 e. The normalized spacial score (nSPS) is 17.7. The Labute approximate surface area is 119 Å². The van der Waals surface area contributed by atoms with Crippen LogP contribution in [0.3, 0.4) is 0 Å². The maximum absolute atomic E-state index is 12.4. The minimum absolute atomic E-state index is 0.0353. The average Bonchev–Trinajstić information content (AvgIpc) is 2.94. The number of carbonyl (C=O) groups is 1. The van der Waals surface area contributed by atoms with Gasteiger partial charge >= 0.3 is 0 Å². The highest BCUT2D eigenvalue weighted by Crippen LogP contribution is 2.31. The van der Waals surface area contributed by atoms with E-state index in [4.69, 9.17) is 0 Å². The van der Waals surface area contributed by atoms with Gasteiger partial charge in [0.25, 0.3) is 5.91 Å². The molecule has 106 valence electrons. The zero-order chi connectivity index (χ0) is 14.0. The molecule has 1 saturated carbocycles. The fraction of sp³-hybridized carbons (Fsp3) is 0.667. The fourth-order valence-electron chi connectivity index (χ4n) is 2.87. The number of carbonyl (C=O) groups excluding carboxylic acids is 1. The lowest BCUT2D eigenvalue weighted by Gasteiger charge is -2.28. The molecular weight excluding hydrogens is 258 g/mol. The summed E-state index contributed by atoms with van der Waals surface area (Å²) >= 11 is 1.56. The summed E-state index contributed by atoms with van der Waals surface area (Å²) in [5, 5.41) is 10.4. The van der Waals surface area contributed by atoms with Gasteiger partial charge in [-0.1, -0.05) is 19.8 Å². The first-order valence-electron chi connectivity index (χ1n) is 7.02. The summed E-state index contributed by atoms with van der Waals surface area (Å²) in [5.74, 6) is 0.0353. The molecule has 0 aliphatic heterocycles. The standard InChI is InChI=1S/C15H23NO2S/c1-4-12-9-13(19-11(12)2)14(17)16(3)10-15(18)7-5-6-8-15/h9,18H,4-8,10H2,1-3H3. The summed E-state index contributed by atoms with van der Waals surface area (Å²) in [7, 11) is 1.79. The van der Waals surface area contributed by atoms with Crippen LogP contribution in [-0.4, -0.2) is 35.1 Å². The van der Waals surface area contributed by atoms with E-state index in [1.807, 2.05) is 6.07 Å². The molecule has 19 heavy (non-hydrogen) atoms. The van der Waals surface area contributed by atoms with Crippen molar-refractivity contribution in [2.24, 2.45) is 0 Å². The fourth-order valence-corrected chi connectivity index (χ4v) is 3.98. The number of aryl methyl sites for hydroxylation is 2. The molecule has 1 aromatic heterocycles. The van der Waals surface area contributed by atoms with E-state index in [2.05, 4.69) is 13.8 Å². The van der Waals surface area contributed by atoms with Crippen molar-refractivity contribution in [3.63, 3.8) is 0 Å². The Balaban J connectivity index is 2.05. The van der Waals surface area contributed by atoms with Gasteiger partial charge in [-0.2, -0.15) is 0 Å². The van der Waals surface area contributed by atoms with Gasteiger partial charge in [0.05, 0.1) is 10.5 Å². The molecule has 1 fully saturated rings. The van der Waals surface area contributed by atoms with Crippen LogP contribution in [0.1, 0.15) is 52.7 Å². The number of hydrogen-bond donors (Lipinski definition) is 1. The van der Waals surface area contributed by atoms with Gasteiger partial charge in [-0.15, -0.1) is 11.3 Å². The Morgan fingerprint density at radius 3 is 2.63 bits per heavy atom. The van der Waals surface area contributed by atoms with Crippen LogP contribution in [0.2, 0.25) is 0 Å². The summed E-state index contributed by atoms with van der Waals surface area (Å²) in [6, 6.07) is 2.00. The lowest BCUT2D eigenvalue weighted by atomic mass is 10.0. The Morgan fingerprint density at radius 2 is 2.11 bits per heavy atom. The van der Waals surface area contributed by atoms with Gasteiger partial charge in [0.15, 0.2) is 0 Å². The molecule has 0 radical (unpaired) electrons. The first kappa shape index (κ1) is 14.5. The van der Waals surface area contributed by atoms with Crippen molar-refractivity contribution in [2.45, 2.75) is 51.6 Å². The lowest BCUT2D eigenvalue weighted by Crippen LogP contribution is -2.41. The number of amides is 1. The third-order valence-corrected chi connectivity index (χ3v) is 5.11. The number of hydrogen-bond acceptors (Lipinski definition) is 3. The van der Waals surface area contributed by atoms with Gasteiger partial charge in [0.1, 0.15) is 0 Å². The van der Waals surface area contributed by atoms with Crippen LogP contribution >= 0.6 is 11.3 Å². The Kier molecular flexibility index (Phi) is 4.31. The molecular formula is C15H23NO2S. The predicted molar refractivity (Wildman–Crippen MR) is 78.8 cm³/mol. The van der Waals surface area contributed by atoms with Crippen LogP contribution < -0.4 is 0 Å². The molecule has 4 heteroatoms. The van der Waals surface area contributed by atoms with E-state index in [0.717, 1.165) is 37.0 Å². The second-order valence-corrected chi connectivity index (χ2v) is 6.89. The smallest absolute Gasteiger partial charge is 0.263 e. The van der Waals surface area contributed by atoms with Crippen molar-refractivity contribution in [1.29, 1.82) is 0 Å². The van der Waals surface area contributed by atoms with Crippen molar-refractivity contribution in [3.8, 4) is 0 Å². The minimum Gasteiger partial charge on any atom is -0.388 e. The lowest BCUT2D eigenvalue weighted by molar-refractivity contribution is 0.0158. The zero-order valence-electron chi connectivity index (χ0n) is 12.0. The molecule has 1 aliphatic carbocycles. The van der Waals surface area contributed by atoms with Crippen molar-refractivity contribution in [3.05, 3.63) is 21.4 Å².